The number of anilines is 3. The third-order valence-electron chi connectivity index (χ3n) is 4.41. The summed E-state index contributed by atoms with van der Waals surface area (Å²) in [6.07, 6.45) is 4.93. The van der Waals surface area contributed by atoms with Gasteiger partial charge in [0.2, 0.25) is 0 Å². The molecule has 128 valence electrons. The van der Waals surface area contributed by atoms with Gasteiger partial charge >= 0.3 is 0 Å². The number of hydrogen-bond acceptors (Lipinski definition) is 6. The van der Waals surface area contributed by atoms with Gasteiger partial charge in [-0.25, -0.2) is 4.98 Å². The summed E-state index contributed by atoms with van der Waals surface area (Å²) in [4.78, 5) is 4.31. The Balaban J connectivity index is 1.77. The van der Waals surface area contributed by atoms with Crippen molar-refractivity contribution in [1.82, 2.24) is 14.6 Å². The van der Waals surface area contributed by atoms with E-state index in [2.05, 4.69) is 32.9 Å². The SMILES string of the molecule is N#Cc1ccc(Cl)c(Nc2cc(NC3CCC3)c3ncc(C#N)n3n2)c1. The van der Waals surface area contributed by atoms with Crippen LogP contribution in [0.2, 0.25) is 5.02 Å². The Kier molecular flexibility index (Phi) is 4.08. The van der Waals surface area contributed by atoms with Gasteiger partial charge in [-0.3, -0.25) is 0 Å². The van der Waals surface area contributed by atoms with Crippen LogP contribution in [0.5, 0.6) is 0 Å². The van der Waals surface area contributed by atoms with E-state index in [4.69, 9.17) is 16.9 Å². The molecule has 0 unspecified atom stereocenters. The highest BCUT2D eigenvalue weighted by molar-refractivity contribution is 6.33. The first kappa shape index (κ1) is 16.2. The van der Waals surface area contributed by atoms with Crippen LogP contribution in [0.1, 0.15) is 30.5 Å². The first-order valence-corrected chi connectivity index (χ1v) is 8.58. The lowest BCUT2D eigenvalue weighted by Crippen LogP contribution is -2.27. The van der Waals surface area contributed by atoms with E-state index < -0.39 is 0 Å². The second-order valence-electron chi connectivity index (χ2n) is 6.14. The van der Waals surface area contributed by atoms with Gasteiger partial charge in [0.15, 0.2) is 17.2 Å². The lowest BCUT2D eigenvalue weighted by molar-refractivity contribution is 0.445. The topological polar surface area (TPSA) is 102 Å². The highest BCUT2D eigenvalue weighted by Gasteiger charge is 2.20. The predicted molar refractivity (Wildman–Crippen MR) is 98.4 cm³/mol. The lowest BCUT2D eigenvalue weighted by atomic mass is 9.93. The lowest BCUT2D eigenvalue weighted by Gasteiger charge is -2.27. The largest absolute Gasteiger partial charge is 0.379 e. The minimum atomic E-state index is 0.345. The minimum Gasteiger partial charge on any atom is -0.379 e. The Morgan fingerprint density at radius 1 is 1.15 bits per heavy atom. The Morgan fingerprint density at radius 2 is 2.00 bits per heavy atom. The number of nitrogens with zero attached hydrogens (tertiary/aromatic N) is 5. The van der Waals surface area contributed by atoms with Gasteiger partial charge in [-0.05, 0) is 37.5 Å². The average molecular weight is 364 g/mol. The number of halogens is 1. The molecule has 0 bridgehead atoms. The molecule has 1 aromatic carbocycles. The molecule has 7 nitrogen and oxygen atoms in total. The molecule has 0 atom stereocenters. The Morgan fingerprint density at radius 3 is 2.69 bits per heavy atom. The molecule has 0 saturated heterocycles. The van der Waals surface area contributed by atoms with Gasteiger partial charge in [0.1, 0.15) is 6.07 Å². The van der Waals surface area contributed by atoms with Gasteiger partial charge in [-0.15, -0.1) is 5.10 Å². The van der Waals surface area contributed by atoms with Crippen molar-refractivity contribution in [1.29, 1.82) is 10.5 Å². The number of fused-ring (bicyclic) bond motifs is 1. The zero-order valence-corrected chi connectivity index (χ0v) is 14.5. The summed E-state index contributed by atoms with van der Waals surface area (Å²) in [7, 11) is 0. The van der Waals surface area contributed by atoms with E-state index in [1.54, 1.807) is 18.2 Å². The predicted octanol–water partition coefficient (Wildman–Crippen LogP) is 3.83. The highest BCUT2D eigenvalue weighted by Crippen LogP contribution is 2.30. The summed E-state index contributed by atoms with van der Waals surface area (Å²) in [5.74, 6) is 0.505. The van der Waals surface area contributed by atoms with E-state index >= 15 is 0 Å². The maximum Gasteiger partial charge on any atom is 0.178 e. The molecule has 0 aliphatic heterocycles. The van der Waals surface area contributed by atoms with Crippen molar-refractivity contribution in [2.24, 2.45) is 0 Å². The minimum absolute atomic E-state index is 0.345. The summed E-state index contributed by atoms with van der Waals surface area (Å²) in [5, 5.41) is 29.9. The van der Waals surface area contributed by atoms with E-state index in [0.717, 1.165) is 18.5 Å². The number of aromatic nitrogens is 3. The summed E-state index contributed by atoms with van der Waals surface area (Å²) in [5.41, 5.74) is 2.83. The number of imidazole rings is 1. The number of benzene rings is 1. The van der Waals surface area contributed by atoms with E-state index in [0.29, 0.717) is 39.5 Å². The monoisotopic (exact) mass is 363 g/mol. The van der Waals surface area contributed by atoms with Crippen LogP contribution < -0.4 is 10.6 Å². The number of hydrogen-bond donors (Lipinski definition) is 2. The van der Waals surface area contributed by atoms with Crippen LogP contribution in [-0.2, 0) is 0 Å². The molecular formula is C18H14ClN7. The third kappa shape index (κ3) is 2.90. The van der Waals surface area contributed by atoms with Crippen LogP contribution in [0.25, 0.3) is 5.65 Å². The van der Waals surface area contributed by atoms with E-state index in [1.807, 2.05) is 6.07 Å². The van der Waals surface area contributed by atoms with Gasteiger partial charge in [0, 0.05) is 12.1 Å². The molecule has 1 aliphatic rings. The molecule has 1 saturated carbocycles. The van der Waals surface area contributed by atoms with Crippen LogP contribution in [0, 0.1) is 22.7 Å². The zero-order valence-electron chi connectivity index (χ0n) is 13.7. The van der Waals surface area contributed by atoms with E-state index in [-0.39, 0.29) is 0 Å². The Labute approximate surface area is 154 Å². The van der Waals surface area contributed by atoms with E-state index in [9.17, 15) is 5.26 Å². The van der Waals surface area contributed by atoms with Crippen molar-refractivity contribution in [3.8, 4) is 12.1 Å². The second kappa shape index (κ2) is 6.55. The Bertz CT molecular complexity index is 1070. The first-order valence-electron chi connectivity index (χ1n) is 8.20. The first-order chi connectivity index (χ1) is 12.7. The summed E-state index contributed by atoms with van der Waals surface area (Å²) in [6, 6.07) is 11.4. The molecular weight excluding hydrogens is 350 g/mol. The molecule has 2 aromatic heterocycles. The van der Waals surface area contributed by atoms with Crippen molar-refractivity contribution in [3.63, 3.8) is 0 Å². The summed E-state index contributed by atoms with van der Waals surface area (Å²) >= 11 is 6.23. The number of nitrogens with one attached hydrogen (secondary N) is 2. The average Bonchev–Trinajstić information content (AvgIpc) is 3.03. The zero-order chi connectivity index (χ0) is 18.1. The van der Waals surface area contributed by atoms with Crippen molar-refractivity contribution in [3.05, 3.63) is 46.7 Å². The third-order valence-corrected chi connectivity index (χ3v) is 4.73. The van der Waals surface area contributed by atoms with Gasteiger partial charge < -0.3 is 10.6 Å². The molecule has 1 aliphatic carbocycles. The molecule has 0 radical (unpaired) electrons. The molecule has 1 fully saturated rings. The summed E-state index contributed by atoms with van der Waals surface area (Å²) in [6.45, 7) is 0. The number of nitriles is 2. The second-order valence-corrected chi connectivity index (χ2v) is 6.54. The molecule has 3 aromatic rings. The van der Waals surface area contributed by atoms with Crippen LogP contribution >= 0.6 is 11.6 Å². The van der Waals surface area contributed by atoms with Gasteiger partial charge in [-0.2, -0.15) is 15.0 Å². The van der Waals surface area contributed by atoms with Crippen molar-refractivity contribution < 1.29 is 0 Å². The van der Waals surface area contributed by atoms with Crippen LogP contribution in [0.15, 0.2) is 30.5 Å². The molecule has 4 rings (SSSR count). The molecule has 2 heterocycles. The van der Waals surface area contributed by atoms with E-state index in [1.165, 1.54) is 17.1 Å². The fourth-order valence-electron chi connectivity index (χ4n) is 2.81. The number of rotatable bonds is 4. The van der Waals surface area contributed by atoms with Crippen LogP contribution in [-0.4, -0.2) is 20.6 Å². The standard InChI is InChI=1S/C18H14ClN7/c19-14-5-4-11(8-20)6-15(14)24-17-7-16(23-12-2-1-3-12)18-22-10-13(9-21)26(18)25-17/h4-7,10,12,23H,1-3H2,(H,24,25). The van der Waals surface area contributed by atoms with Crippen molar-refractivity contribution in [2.45, 2.75) is 25.3 Å². The molecule has 26 heavy (non-hydrogen) atoms. The van der Waals surface area contributed by atoms with Gasteiger partial charge in [-0.1, -0.05) is 11.6 Å². The maximum absolute atomic E-state index is 9.30. The van der Waals surface area contributed by atoms with Crippen molar-refractivity contribution >= 4 is 34.4 Å². The van der Waals surface area contributed by atoms with Crippen LogP contribution in [0.4, 0.5) is 17.2 Å². The quantitative estimate of drug-likeness (QED) is 0.730. The molecule has 0 spiro atoms. The molecule has 0 amide bonds. The van der Waals surface area contributed by atoms with Gasteiger partial charge in [0.25, 0.3) is 0 Å². The normalized spacial score (nSPS) is 13.7. The smallest absolute Gasteiger partial charge is 0.178 e. The Hall–Kier alpha value is -3.29. The maximum atomic E-state index is 9.30. The fourth-order valence-corrected chi connectivity index (χ4v) is 2.98. The fraction of sp³-hybridized carbons (Fsp3) is 0.222. The van der Waals surface area contributed by atoms with Crippen LogP contribution in [0.3, 0.4) is 0 Å². The molecule has 2 N–H and O–H groups in total. The summed E-state index contributed by atoms with van der Waals surface area (Å²) < 4.78 is 1.51. The highest BCUT2D eigenvalue weighted by atomic mass is 35.5. The van der Waals surface area contributed by atoms with Gasteiger partial charge in [0.05, 0.1) is 34.2 Å². The molecule has 8 heteroatoms. The van der Waals surface area contributed by atoms with Crippen molar-refractivity contribution in [2.75, 3.05) is 10.6 Å².